The van der Waals surface area contributed by atoms with Crippen molar-refractivity contribution in [3.8, 4) is 0 Å². The number of rotatable bonds is 3. The molecule has 0 aromatic carbocycles. The molecule has 0 unspecified atom stereocenters. The van der Waals surface area contributed by atoms with Crippen LogP contribution in [0, 0.1) is 12.8 Å². The maximum Gasteiger partial charge on any atom is 0.290 e. The molecule has 8 heteroatoms. The summed E-state index contributed by atoms with van der Waals surface area (Å²) in [5.74, 6) is 0.199. The van der Waals surface area contributed by atoms with E-state index < -0.39 is 6.10 Å². The van der Waals surface area contributed by atoms with Gasteiger partial charge in [-0.15, -0.1) is 0 Å². The normalized spacial score (nSPS) is 25.3. The number of aromatic nitrogens is 1. The molecule has 1 saturated heterocycles. The SMILES string of the molecule is CO[C@@H]1C[C@H](C(=O)N2CCCN(c3ccnc(C)c3)CC2)CC[C@@H]1O.O=CO. The van der Waals surface area contributed by atoms with Crippen LogP contribution in [0.4, 0.5) is 5.69 Å². The topological polar surface area (TPSA) is 103 Å². The van der Waals surface area contributed by atoms with Crippen LogP contribution in [0.15, 0.2) is 18.3 Å². The van der Waals surface area contributed by atoms with E-state index in [4.69, 9.17) is 14.6 Å². The molecule has 3 rings (SSSR count). The standard InChI is InChI=1S/C19H29N3O3.CH2O2/c1-14-12-16(6-7-20-14)21-8-3-9-22(11-10-21)19(24)15-4-5-17(23)18(13-15)25-2;2-1-3/h6-7,12,15,17-18,23H,3-5,8-11,13H2,1-2H3;1H,(H,2,3)/t15-,17+,18-;/m1./s1. The van der Waals surface area contributed by atoms with Gasteiger partial charge in [0.15, 0.2) is 0 Å². The lowest BCUT2D eigenvalue weighted by Gasteiger charge is -2.34. The Labute approximate surface area is 166 Å². The van der Waals surface area contributed by atoms with Crippen molar-refractivity contribution in [1.82, 2.24) is 9.88 Å². The summed E-state index contributed by atoms with van der Waals surface area (Å²) >= 11 is 0. The molecule has 0 radical (unpaired) electrons. The number of carboxylic acid groups (broad SMARTS) is 1. The number of anilines is 1. The van der Waals surface area contributed by atoms with Crippen LogP contribution < -0.4 is 4.90 Å². The van der Waals surface area contributed by atoms with E-state index in [1.54, 1.807) is 7.11 Å². The number of nitrogens with zero attached hydrogens (tertiary/aromatic N) is 3. The first-order valence-corrected chi connectivity index (χ1v) is 9.75. The van der Waals surface area contributed by atoms with Crippen molar-refractivity contribution < 1.29 is 24.5 Å². The van der Waals surface area contributed by atoms with Crippen molar-refractivity contribution in [3.05, 3.63) is 24.0 Å². The van der Waals surface area contributed by atoms with Crippen LogP contribution in [0.5, 0.6) is 0 Å². The Bertz CT molecular complexity index is 642. The summed E-state index contributed by atoms with van der Waals surface area (Å²) in [6.07, 6.45) is 4.18. The van der Waals surface area contributed by atoms with Gasteiger partial charge in [-0.25, -0.2) is 0 Å². The zero-order chi connectivity index (χ0) is 20.5. The average Bonchev–Trinajstić information content (AvgIpc) is 2.95. The third-order valence-corrected chi connectivity index (χ3v) is 5.46. The minimum atomic E-state index is -0.441. The molecule has 1 amide bonds. The van der Waals surface area contributed by atoms with Crippen LogP contribution in [0.3, 0.4) is 0 Å². The van der Waals surface area contributed by atoms with Crippen LogP contribution in [0.1, 0.15) is 31.4 Å². The monoisotopic (exact) mass is 393 g/mol. The van der Waals surface area contributed by atoms with Crippen LogP contribution >= 0.6 is 0 Å². The van der Waals surface area contributed by atoms with Crippen molar-refractivity contribution in [1.29, 1.82) is 0 Å². The van der Waals surface area contributed by atoms with Gasteiger partial charge in [0, 0.05) is 56.8 Å². The number of hydrogen-bond acceptors (Lipinski definition) is 6. The van der Waals surface area contributed by atoms with E-state index in [-0.39, 0.29) is 24.4 Å². The second kappa shape index (κ2) is 11.0. The zero-order valence-electron chi connectivity index (χ0n) is 16.7. The number of methoxy groups -OCH3 is 1. The van der Waals surface area contributed by atoms with Crippen LogP contribution in [0.2, 0.25) is 0 Å². The molecule has 1 aromatic heterocycles. The van der Waals surface area contributed by atoms with Crippen LogP contribution in [0.25, 0.3) is 0 Å². The summed E-state index contributed by atoms with van der Waals surface area (Å²) in [6, 6.07) is 4.14. The minimum Gasteiger partial charge on any atom is -0.483 e. The van der Waals surface area contributed by atoms with E-state index in [2.05, 4.69) is 16.0 Å². The Hall–Kier alpha value is -2.19. The summed E-state index contributed by atoms with van der Waals surface area (Å²) < 4.78 is 5.35. The highest BCUT2D eigenvalue weighted by Crippen LogP contribution is 2.28. The molecular weight excluding hydrogens is 362 g/mol. The number of carbonyl (C=O) groups is 2. The Morgan fingerprint density at radius 2 is 2.04 bits per heavy atom. The first-order valence-electron chi connectivity index (χ1n) is 9.75. The molecule has 2 N–H and O–H groups in total. The maximum absolute atomic E-state index is 12.9. The van der Waals surface area contributed by atoms with E-state index >= 15 is 0 Å². The second-order valence-corrected chi connectivity index (χ2v) is 7.28. The molecule has 0 bridgehead atoms. The third kappa shape index (κ3) is 5.90. The smallest absolute Gasteiger partial charge is 0.290 e. The van der Waals surface area contributed by atoms with Gasteiger partial charge in [0.05, 0.1) is 12.2 Å². The molecule has 0 spiro atoms. The van der Waals surface area contributed by atoms with E-state index in [0.717, 1.165) is 44.7 Å². The van der Waals surface area contributed by atoms with E-state index in [0.29, 0.717) is 12.8 Å². The third-order valence-electron chi connectivity index (χ3n) is 5.46. The Kier molecular flexibility index (Phi) is 8.66. The second-order valence-electron chi connectivity index (χ2n) is 7.28. The van der Waals surface area contributed by atoms with Gasteiger partial charge in [-0.3, -0.25) is 14.6 Å². The quantitative estimate of drug-likeness (QED) is 0.746. The number of carbonyl (C=O) groups excluding carboxylic acids is 1. The van der Waals surface area contributed by atoms with Crippen molar-refractivity contribution in [2.75, 3.05) is 38.2 Å². The molecule has 3 atom stereocenters. The van der Waals surface area contributed by atoms with Crippen LogP contribution in [-0.4, -0.2) is 78.0 Å². The lowest BCUT2D eigenvalue weighted by molar-refractivity contribution is -0.140. The van der Waals surface area contributed by atoms with Crippen molar-refractivity contribution in [2.45, 2.75) is 44.8 Å². The molecular formula is C20H31N3O5. The number of aliphatic hydroxyl groups excluding tert-OH is 1. The first kappa shape index (κ1) is 22.1. The van der Waals surface area contributed by atoms with Gasteiger partial charge in [0.25, 0.3) is 6.47 Å². The lowest BCUT2D eigenvalue weighted by Crippen LogP contribution is -2.44. The molecule has 2 fully saturated rings. The molecule has 8 nitrogen and oxygen atoms in total. The number of pyridine rings is 1. The van der Waals surface area contributed by atoms with Gasteiger partial charge in [0.1, 0.15) is 0 Å². The number of hydrogen-bond donors (Lipinski definition) is 2. The molecule has 2 heterocycles. The summed E-state index contributed by atoms with van der Waals surface area (Å²) in [4.78, 5) is 29.9. The predicted molar refractivity (Wildman–Crippen MR) is 105 cm³/mol. The largest absolute Gasteiger partial charge is 0.483 e. The zero-order valence-corrected chi connectivity index (χ0v) is 16.7. The maximum atomic E-state index is 12.9. The summed E-state index contributed by atoms with van der Waals surface area (Å²) in [7, 11) is 1.61. The molecule has 2 aliphatic rings. The van der Waals surface area contributed by atoms with Crippen LogP contribution in [-0.2, 0) is 14.3 Å². The van der Waals surface area contributed by atoms with Gasteiger partial charge < -0.3 is 24.7 Å². The van der Waals surface area contributed by atoms with Crippen molar-refractivity contribution in [3.63, 3.8) is 0 Å². The van der Waals surface area contributed by atoms with Gasteiger partial charge in [-0.2, -0.15) is 0 Å². The van der Waals surface area contributed by atoms with Gasteiger partial charge >= 0.3 is 0 Å². The highest BCUT2D eigenvalue weighted by molar-refractivity contribution is 5.79. The van der Waals surface area contributed by atoms with Crippen molar-refractivity contribution >= 4 is 18.1 Å². The van der Waals surface area contributed by atoms with Crippen molar-refractivity contribution in [2.24, 2.45) is 5.92 Å². The molecule has 1 aliphatic heterocycles. The summed E-state index contributed by atoms with van der Waals surface area (Å²) in [5.41, 5.74) is 2.20. The highest BCUT2D eigenvalue weighted by atomic mass is 16.5. The Balaban J connectivity index is 0.000000878. The predicted octanol–water partition coefficient (Wildman–Crippen LogP) is 1.31. The van der Waals surface area contributed by atoms with E-state index in [1.807, 2.05) is 24.1 Å². The van der Waals surface area contributed by atoms with E-state index in [9.17, 15) is 9.90 Å². The first-order chi connectivity index (χ1) is 13.5. The molecule has 1 aliphatic carbocycles. The number of aliphatic hydroxyl groups is 1. The number of ether oxygens (including phenoxy) is 1. The fourth-order valence-electron chi connectivity index (χ4n) is 3.97. The fraction of sp³-hybridized carbons (Fsp3) is 0.650. The Morgan fingerprint density at radius 3 is 2.71 bits per heavy atom. The Morgan fingerprint density at radius 1 is 1.29 bits per heavy atom. The highest BCUT2D eigenvalue weighted by Gasteiger charge is 2.35. The van der Waals surface area contributed by atoms with Gasteiger partial charge in [-0.05, 0) is 44.7 Å². The molecule has 156 valence electrons. The number of amides is 1. The van der Waals surface area contributed by atoms with Gasteiger partial charge in [0.2, 0.25) is 5.91 Å². The van der Waals surface area contributed by atoms with Gasteiger partial charge in [-0.1, -0.05) is 0 Å². The number of aryl methyl sites for hydroxylation is 1. The molecule has 1 saturated carbocycles. The average molecular weight is 393 g/mol. The minimum absolute atomic E-state index is 0.0249. The molecule has 28 heavy (non-hydrogen) atoms. The fourth-order valence-corrected chi connectivity index (χ4v) is 3.97. The van der Waals surface area contributed by atoms with E-state index in [1.165, 1.54) is 5.69 Å². The summed E-state index contributed by atoms with van der Waals surface area (Å²) in [5, 5.41) is 16.8. The lowest BCUT2D eigenvalue weighted by atomic mass is 9.84. The molecule has 1 aromatic rings. The summed E-state index contributed by atoms with van der Waals surface area (Å²) in [6.45, 7) is 5.10.